The van der Waals surface area contributed by atoms with Crippen LogP contribution in [0.15, 0.2) is 22.8 Å². The fourth-order valence-electron chi connectivity index (χ4n) is 2.01. The Kier molecular flexibility index (Phi) is 4.77. The largest absolute Gasteiger partial charge is 0.497 e. The van der Waals surface area contributed by atoms with Crippen molar-refractivity contribution in [2.75, 3.05) is 7.11 Å². The van der Waals surface area contributed by atoms with Crippen molar-refractivity contribution < 1.29 is 4.74 Å². The molecule has 0 bridgehead atoms. The summed E-state index contributed by atoms with van der Waals surface area (Å²) < 4.78 is 7.83. The van der Waals surface area contributed by atoms with Crippen molar-refractivity contribution in [3.05, 3.63) is 28.4 Å². The van der Waals surface area contributed by atoms with E-state index in [-0.39, 0.29) is 0 Å². The van der Waals surface area contributed by atoms with Gasteiger partial charge in [0.25, 0.3) is 0 Å². The second kappa shape index (κ2) is 6.37. The van der Waals surface area contributed by atoms with Gasteiger partial charge in [0, 0.05) is 25.2 Å². The van der Waals surface area contributed by atoms with Gasteiger partial charge in [0.15, 0.2) is 4.60 Å². The number of aromatic nitrogens is 3. The van der Waals surface area contributed by atoms with E-state index in [9.17, 15) is 0 Å². The van der Waals surface area contributed by atoms with E-state index in [1.54, 1.807) is 11.8 Å². The minimum absolute atomic E-state index is 0.419. The summed E-state index contributed by atoms with van der Waals surface area (Å²) in [5.74, 6) is 0.848. The summed E-state index contributed by atoms with van der Waals surface area (Å²) >= 11 is 3.46. The molecule has 0 fully saturated rings. The van der Waals surface area contributed by atoms with Crippen LogP contribution in [0.5, 0.6) is 5.75 Å². The van der Waals surface area contributed by atoms with Gasteiger partial charge in [-0.25, -0.2) is 4.68 Å². The maximum Gasteiger partial charge on any atom is 0.156 e. The molecule has 1 aromatic heterocycles. The molecule has 1 N–H and O–H groups in total. The van der Waals surface area contributed by atoms with E-state index in [1.807, 2.05) is 25.2 Å². The molecule has 0 atom stereocenters. The number of aryl methyl sites for hydroxylation is 1. The Labute approximate surface area is 127 Å². The zero-order valence-corrected chi connectivity index (χ0v) is 13.7. The molecule has 20 heavy (non-hydrogen) atoms. The Morgan fingerprint density at radius 1 is 1.40 bits per heavy atom. The molecule has 1 aromatic carbocycles. The fraction of sp³-hybridized carbons (Fsp3) is 0.429. The summed E-state index contributed by atoms with van der Waals surface area (Å²) in [6, 6.07) is 6.46. The first-order chi connectivity index (χ1) is 9.52. The summed E-state index contributed by atoms with van der Waals surface area (Å²) in [6.45, 7) is 5.02. The number of benzene rings is 1. The lowest BCUT2D eigenvalue weighted by Crippen LogP contribution is -2.22. The number of nitrogens with zero attached hydrogens (tertiary/aromatic N) is 3. The summed E-state index contributed by atoms with van der Waals surface area (Å²) in [5.41, 5.74) is 3.22. The molecule has 108 valence electrons. The van der Waals surface area contributed by atoms with Crippen LogP contribution in [0.25, 0.3) is 11.3 Å². The topological polar surface area (TPSA) is 52.0 Å². The van der Waals surface area contributed by atoms with Crippen LogP contribution in [0.3, 0.4) is 0 Å². The zero-order valence-electron chi connectivity index (χ0n) is 12.1. The predicted molar refractivity (Wildman–Crippen MR) is 82.7 cm³/mol. The number of ether oxygens (including phenoxy) is 1. The van der Waals surface area contributed by atoms with Gasteiger partial charge in [-0.3, -0.25) is 0 Å². The first kappa shape index (κ1) is 15.0. The lowest BCUT2D eigenvalue weighted by Gasteiger charge is -2.14. The SMILES string of the molecule is COc1ccc(-c2c(Br)nnn2C)c(CNC(C)C)c1. The van der Waals surface area contributed by atoms with E-state index in [0.29, 0.717) is 6.04 Å². The highest BCUT2D eigenvalue weighted by atomic mass is 79.9. The van der Waals surface area contributed by atoms with Crippen LogP contribution in [0.1, 0.15) is 19.4 Å². The summed E-state index contributed by atoms with van der Waals surface area (Å²) in [5, 5.41) is 11.5. The molecule has 0 aliphatic carbocycles. The summed E-state index contributed by atoms with van der Waals surface area (Å²) in [4.78, 5) is 0. The Balaban J connectivity index is 2.46. The van der Waals surface area contributed by atoms with E-state index >= 15 is 0 Å². The van der Waals surface area contributed by atoms with E-state index in [2.05, 4.69) is 45.4 Å². The molecule has 0 aliphatic rings. The lowest BCUT2D eigenvalue weighted by atomic mass is 10.0. The molecule has 0 amide bonds. The third kappa shape index (κ3) is 3.19. The van der Waals surface area contributed by atoms with Crippen LogP contribution in [-0.4, -0.2) is 28.1 Å². The van der Waals surface area contributed by atoms with Crippen LogP contribution >= 0.6 is 15.9 Å². The van der Waals surface area contributed by atoms with E-state index in [4.69, 9.17) is 4.74 Å². The van der Waals surface area contributed by atoms with Gasteiger partial charge in [-0.1, -0.05) is 19.1 Å². The Bertz CT molecular complexity index is 575. The van der Waals surface area contributed by atoms with Crippen molar-refractivity contribution in [3.63, 3.8) is 0 Å². The van der Waals surface area contributed by atoms with Gasteiger partial charge in [-0.2, -0.15) is 0 Å². The Morgan fingerprint density at radius 2 is 2.15 bits per heavy atom. The average molecular weight is 339 g/mol. The number of rotatable bonds is 5. The Hall–Kier alpha value is -1.40. The maximum absolute atomic E-state index is 5.32. The molecule has 2 rings (SSSR count). The molecule has 0 saturated carbocycles. The molecule has 0 unspecified atom stereocenters. The first-order valence-corrected chi connectivity index (χ1v) is 7.28. The molecule has 5 nitrogen and oxygen atoms in total. The van der Waals surface area contributed by atoms with Crippen molar-refractivity contribution in [1.29, 1.82) is 0 Å². The quantitative estimate of drug-likeness (QED) is 0.910. The highest BCUT2D eigenvalue weighted by Gasteiger charge is 2.15. The number of hydrogen-bond acceptors (Lipinski definition) is 4. The van der Waals surface area contributed by atoms with Crippen LogP contribution in [0, 0.1) is 0 Å². The third-order valence-electron chi connectivity index (χ3n) is 3.05. The van der Waals surface area contributed by atoms with E-state index < -0.39 is 0 Å². The number of methoxy groups -OCH3 is 1. The van der Waals surface area contributed by atoms with Crippen LogP contribution < -0.4 is 10.1 Å². The maximum atomic E-state index is 5.32. The van der Waals surface area contributed by atoms with Crippen molar-refractivity contribution in [2.24, 2.45) is 7.05 Å². The second-order valence-corrected chi connectivity index (χ2v) is 5.66. The van der Waals surface area contributed by atoms with Gasteiger partial charge >= 0.3 is 0 Å². The van der Waals surface area contributed by atoms with Gasteiger partial charge in [0.05, 0.1) is 7.11 Å². The van der Waals surface area contributed by atoms with Gasteiger partial charge in [-0.15, -0.1) is 5.10 Å². The minimum atomic E-state index is 0.419. The molecule has 2 aromatic rings. The van der Waals surface area contributed by atoms with Crippen molar-refractivity contribution in [3.8, 4) is 17.0 Å². The normalized spacial score (nSPS) is 11.1. The van der Waals surface area contributed by atoms with Crippen LogP contribution in [0.2, 0.25) is 0 Å². The molecule has 0 radical (unpaired) electrons. The highest BCUT2D eigenvalue weighted by Crippen LogP contribution is 2.31. The van der Waals surface area contributed by atoms with Crippen molar-refractivity contribution >= 4 is 15.9 Å². The summed E-state index contributed by atoms with van der Waals surface area (Å²) in [6.07, 6.45) is 0. The standard InChI is InChI=1S/C14H19BrN4O/c1-9(2)16-8-10-7-11(20-4)5-6-12(10)13-14(15)17-18-19(13)3/h5-7,9,16H,8H2,1-4H3. The van der Waals surface area contributed by atoms with Gasteiger partial charge < -0.3 is 10.1 Å². The predicted octanol–water partition coefficient (Wildman–Crippen LogP) is 2.75. The molecule has 6 heteroatoms. The molecule has 0 aliphatic heterocycles. The van der Waals surface area contributed by atoms with Crippen molar-refractivity contribution in [2.45, 2.75) is 26.4 Å². The first-order valence-electron chi connectivity index (χ1n) is 6.48. The molecule has 0 spiro atoms. The minimum Gasteiger partial charge on any atom is -0.497 e. The van der Waals surface area contributed by atoms with Gasteiger partial charge in [0.2, 0.25) is 0 Å². The molecular weight excluding hydrogens is 320 g/mol. The van der Waals surface area contributed by atoms with Crippen molar-refractivity contribution in [1.82, 2.24) is 20.3 Å². The molecular formula is C14H19BrN4O. The molecule has 1 heterocycles. The smallest absolute Gasteiger partial charge is 0.156 e. The highest BCUT2D eigenvalue weighted by molar-refractivity contribution is 9.10. The number of hydrogen-bond donors (Lipinski definition) is 1. The number of nitrogens with one attached hydrogen (secondary N) is 1. The van der Waals surface area contributed by atoms with E-state index in [0.717, 1.165) is 33.7 Å². The van der Waals surface area contributed by atoms with Crippen LogP contribution in [-0.2, 0) is 13.6 Å². The second-order valence-electron chi connectivity index (χ2n) is 4.91. The Morgan fingerprint density at radius 3 is 2.70 bits per heavy atom. The zero-order chi connectivity index (χ0) is 14.7. The third-order valence-corrected chi connectivity index (χ3v) is 3.59. The molecule has 0 saturated heterocycles. The lowest BCUT2D eigenvalue weighted by molar-refractivity contribution is 0.414. The average Bonchev–Trinajstić information content (AvgIpc) is 2.75. The monoisotopic (exact) mass is 338 g/mol. The van der Waals surface area contributed by atoms with Gasteiger partial charge in [-0.05, 0) is 39.7 Å². The van der Waals surface area contributed by atoms with E-state index in [1.165, 1.54) is 0 Å². The summed E-state index contributed by atoms with van der Waals surface area (Å²) in [7, 11) is 3.56. The number of halogens is 1. The van der Waals surface area contributed by atoms with Crippen LogP contribution in [0.4, 0.5) is 0 Å². The fourth-order valence-corrected chi connectivity index (χ4v) is 2.55. The van der Waals surface area contributed by atoms with Gasteiger partial charge in [0.1, 0.15) is 11.4 Å².